The van der Waals surface area contributed by atoms with Gasteiger partial charge in [0.2, 0.25) is 0 Å². The number of anilines is 1. The van der Waals surface area contributed by atoms with Crippen LogP contribution in [0.2, 0.25) is 0 Å². The summed E-state index contributed by atoms with van der Waals surface area (Å²) in [4.78, 5) is 13.2. The molecule has 1 aromatic carbocycles. The maximum absolute atomic E-state index is 11.6. The van der Waals surface area contributed by atoms with E-state index in [9.17, 15) is 4.79 Å². The van der Waals surface area contributed by atoms with E-state index in [4.69, 9.17) is 5.41 Å². The van der Waals surface area contributed by atoms with Gasteiger partial charge in [-0.25, -0.2) is 4.79 Å². The molecule has 1 aromatic rings. The molecular weight excluding hydrogens is 252 g/mol. The van der Waals surface area contributed by atoms with Gasteiger partial charge in [-0.15, -0.1) is 12.4 Å². The number of amides is 2. The second kappa shape index (κ2) is 6.86. The average Bonchev–Trinajstić information content (AvgIpc) is 2.23. The van der Waals surface area contributed by atoms with Crippen LogP contribution in [0.15, 0.2) is 18.2 Å². The number of rotatable bonds is 1. The van der Waals surface area contributed by atoms with Crippen molar-refractivity contribution in [3.8, 4) is 0 Å². The number of guanidine groups is 1. The fourth-order valence-electron chi connectivity index (χ4n) is 1.38. The molecule has 2 amide bonds. The zero-order chi connectivity index (χ0) is 13.0. The fraction of sp³-hybridized carbons (Fsp3) is 0.333. The topological polar surface area (TPSA) is 68.2 Å². The molecule has 100 valence electrons. The summed E-state index contributed by atoms with van der Waals surface area (Å²) in [5.74, 6) is 0.0498. The molecule has 0 spiro atoms. The molecule has 0 bridgehead atoms. The van der Waals surface area contributed by atoms with E-state index in [1.54, 1.807) is 14.1 Å². The lowest BCUT2D eigenvalue weighted by atomic mass is 10.1. The Kier molecular flexibility index (Phi) is 6.19. The summed E-state index contributed by atoms with van der Waals surface area (Å²) in [6.45, 7) is 3.86. The number of halogens is 1. The normalized spacial score (nSPS) is 9.11. The Hall–Kier alpha value is -1.75. The third-order valence-corrected chi connectivity index (χ3v) is 2.40. The van der Waals surface area contributed by atoms with Crippen molar-refractivity contribution in [1.82, 2.24) is 10.2 Å². The molecule has 0 heterocycles. The summed E-state index contributed by atoms with van der Waals surface area (Å²) < 4.78 is 0. The van der Waals surface area contributed by atoms with Crippen molar-refractivity contribution in [1.29, 1.82) is 5.41 Å². The standard InChI is InChI=1S/C12H18N4O.ClH/c1-8-6-5-7-9(2)10(8)14-12(17)15-11(13)16(3)4;/h5-7H,1-4H3,(H3,13,14,15,17);1H. The molecule has 18 heavy (non-hydrogen) atoms. The largest absolute Gasteiger partial charge is 0.349 e. The Morgan fingerprint density at radius 2 is 1.72 bits per heavy atom. The fourth-order valence-corrected chi connectivity index (χ4v) is 1.38. The number of hydrogen-bond acceptors (Lipinski definition) is 2. The SMILES string of the molecule is Cc1cccc(C)c1NC(=O)NC(=N)N(C)C.Cl. The third kappa shape index (κ3) is 4.25. The van der Waals surface area contributed by atoms with E-state index < -0.39 is 6.03 Å². The summed E-state index contributed by atoms with van der Waals surface area (Å²) in [6.07, 6.45) is 0. The Labute approximate surface area is 113 Å². The maximum atomic E-state index is 11.6. The second-order valence-electron chi connectivity index (χ2n) is 4.09. The van der Waals surface area contributed by atoms with Crippen molar-refractivity contribution in [2.45, 2.75) is 13.8 Å². The number of para-hydroxylation sites is 1. The lowest BCUT2D eigenvalue weighted by Gasteiger charge is -2.16. The number of carbonyl (C=O) groups is 1. The smallest absolute Gasteiger partial charge is 0.326 e. The third-order valence-electron chi connectivity index (χ3n) is 2.40. The van der Waals surface area contributed by atoms with Crippen molar-refractivity contribution in [2.24, 2.45) is 0 Å². The number of nitrogens with zero attached hydrogens (tertiary/aromatic N) is 1. The molecule has 0 aliphatic rings. The Bertz CT molecular complexity index is 425. The van der Waals surface area contributed by atoms with Gasteiger partial charge in [0.1, 0.15) is 0 Å². The second-order valence-corrected chi connectivity index (χ2v) is 4.09. The summed E-state index contributed by atoms with van der Waals surface area (Å²) in [6, 6.07) is 5.40. The minimum absolute atomic E-state index is 0. The summed E-state index contributed by atoms with van der Waals surface area (Å²) in [5, 5.41) is 12.7. The number of benzene rings is 1. The molecule has 0 radical (unpaired) electrons. The van der Waals surface area contributed by atoms with Gasteiger partial charge >= 0.3 is 6.03 Å². The lowest BCUT2D eigenvalue weighted by molar-refractivity contribution is 0.255. The monoisotopic (exact) mass is 270 g/mol. The molecule has 0 aliphatic heterocycles. The Morgan fingerprint density at radius 3 is 2.17 bits per heavy atom. The molecule has 0 saturated heterocycles. The highest BCUT2D eigenvalue weighted by Gasteiger charge is 2.09. The minimum Gasteiger partial charge on any atom is -0.349 e. The first-order valence-corrected chi connectivity index (χ1v) is 5.32. The summed E-state index contributed by atoms with van der Waals surface area (Å²) in [5.41, 5.74) is 2.78. The van der Waals surface area contributed by atoms with Crippen LogP contribution in [0, 0.1) is 19.3 Å². The molecule has 5 nitrogen and oxygen atoms in total. The predicted octanol–water partition coefficient (Wildman–Crippen LogP) is 2.34. The molecule has 0 unspecified atom stereocenters. The van der Waals surface area contributed by atoms with Crippen molar-refractivity contribution >= 4 is 30.1 Å². The Balaban J connectivity index is 0.00000289. The molecular formula is C12H19ClN4O. The molecule has 0 atom stereocenters. The zero-order valence-corrected chi connectivity index (χ0v) is 11.8. The van der Waals surface area contributed by atoms with Crippen LogP contribution in [0.25, 0.3) is 0 Å². The first-order chi connectivity index (χ1) is 7.91. The van der Waals surface area contributed by atoms with E-state index in [1.165, 1.54) is 4.90 Å². The van der Waals surface area contributed by atoms with E-state index in [-0.39, 0.29) is 18.4 Å². The van der Waals surface area contributed by atoms with Crippen LogP contribution in [0.1, 0.15) is 11.1 Å². The van der Waals surface area contributed by atoms with E-state index >= 15 is 0 Å². The molecule has 0 fully saturated rings. The van der Waals surface area contributed by atoms with Crippen molar-refractivity contribution < 1.29 is 4.79 Å². The first kappa shape index (κ1) is 16.2. The van der Waals surface area contributed by atoms with Gasteiger partial charge in [-0.2, -0.15) is 0 Å². The molecule has 3 N–H and O–H groups in total. The average molecular weight is 271 g/mol. The first-order valence-electron chi connectivity index (χ1n) is 5.32. The predicted molar refractivity (Wildman–Crippen MR) is 76.7 cm³/mol. The van der Waals surface area contributed by atoms with Crippen LogP contribution >= 0.6 is 12.4 Å². The number of urea groups is 1. The van der Waals surface area contributed by atoms with Crippen LogP contribution in [0.5, 0.6) is 0 Å². The van der Waals surface area contributed by atoms with Crippen LogP contribution in [0.3, 0.4) is 0 Å². The lowest BCUT2D eigenvalue weighted by Crippen LogP contribution is -2.41. The van der Waals surface area contributed by atoms with Gasteiger partial charge in [0.15, 0.2) is 5.96 Å². The summed E-state index contributed by atoms with van der Waals surface area (Å²) in [7, 11) is 3.39. The highest BCUT2D eigenvalue weighted by molar-refractivity contribution is 6.01. The zero-order valence-electron chi connectivity index (χ0n) is 11.0. The number of carbonyl (C=O) groups excluding carboxylic acids is 1. The maximum Gasteiger partial charge on any atom is 0.326 e. The minimum atomic E-state index is -0.402. The van der Waals surface area contributed by atoms with E-state index in [0.29, 0.717) is 0 Å². The van der Waals surface area contributed by atoms with Gasteiger partial charge in [-0.1, -0.05) is 18.2 Å². The molecule has 1 rings (SSSR count). The molecule has 0 saturated carbocycles. The Morgan fingerprint density at radius 1 is 1.22 bits per heavy atom. The highest BCUT2D eigenvalue weighted by atomic mass is 35.5. The quantitative estimate of drug-likeness (QED) is 0.542. The number of nitrogens with one attached hydrogen (secondary N) is 3. The van der Waals surface area contributed by atoms with Crippen LogP contribution in [0.4, 0.5) is 10.5 Å². The van der Waals surface area contributed by atoms with Crippen molar-refractivity contribution in [3.05, 3.63) is 29.3 Å². The van der Waals surface area contributed by atoms with E-state index in [2.05, 4.69) is 10.6 Å². The number of hydrogen-bond donors (Lipinski definition) is 3. The van der Waals surface area contributed by atoms with Crippen molar-refractivity contribution in [2.75, 3.05) is 19.4 Å². The van der Waals surface area contributed by atoms with Gasteiger partial charge in [0, 0.05) is 19.8 Å². The van der Waals surface area contributed by atoms with Gasteiger partial charge < -0.3 is 10.2 Å². The van der Waals surface area contributed by atoms with Gasteiger partial charge in [0.25, 0.3) is 0 Å². The molecule has 6 heteroatoms. The van der Waals surface area contributed by atoms with Gasteiger partial charge in [0.05, 0.1) is 0 Å². The van der Waals surface area contributed by atoms with Gasteiger partial charge in [-0.3, -0.25) is 10.7 Å². The number of aryl methyl sites for hydroxylation is 2. The summed E-state index contributed by atoms with van der Waals surface area (Å²) >= 11 is 0. The van der Waals surface area contributed by atoms with Crippen LogP contribution in [-0.4, -0.2) is 31.0 Å². The van der Waals surface area contributed by atoms with Crippen molar-refractivity contribution in [3.63, 3.8) is 0 Å². The van der Waals surface area contributed by atoms with Gasteiger partial charge in [-0.05, 0) is 25.0 Å². The van der Waals surface area contributed by atoms with Crippen LogP contribution < -0.4 is 10.6 Å². The van der Waals surface area contributed by atoms with E-state index in [1.807, 2.05) is 32.0 Å². The van der Waals surface area contributed by atoms with Crippen LogP contribution in [-0.2, 0) is 0 Å². The highest BCUT2D eigenvalue weighted by Crippen LogP contribution is 2.18. The molecule has 0 aromatic heterocycles. The van der Waals surface area contributed by atoms with E-state index in [0.717, 1.165) is 16.8 Å². The molecule has 0 aliphatic carbocycles.